The van der Waals surface area contributed by atoms with Crippen molar-refractivity contribution >= 4 is 35.9 Å². The number of benzene rings is 2. The second-order valence-corrected chi connectivity index (χ2v) is 7.89. The summed E-state index contributed by atoms with van der Waals surface area (Å²) >= 11 is 0. The van der Waals surface area contributed by atoms with Crippen molar-refractivity contribution in [2.75, 3.05) is 0 Å². The third-order valence-electron chi connectivity index (χ3n) is 4.81. The molecule has 1 unspecified atom stereocenters. The molecule has 5 N–H and O–H groups in total. The predicted molar refractivity (Wildman–Crippen MR) is 135 cm³/mol. The summed E-state index contributed by atoms with van der Waals surface area (Å²) in [5.41, 5.74) is 7.16. The number of carboxylic acid groups (broad SMARTS) is 2. The zero-order chi connectivity index (χ0) is 27.4. The number of carbonyl (C=O) groups is 4. The molecular formula is C26H31N3O7. The highest BCUT2D eigenvalue weighted by Crippen LogP contribution is 2.17. The lowest BCUT2D eigenvalue weighted by Crippen LogP contribution is -2.42. The maximum Gasteiger partial charge on any atom is 0.414 e. The molecule has 0 heterocycles. The fraction of sp³-hybridized carbons (Fsp3) is 0.269. The van der Waals surface area contributed by atoms with E-state index in [4.69, 9.17) is 25.8 Å². The second-order valence-electron chi connectivity index (χ2n) is 7.89. The van der Waals surface area contributed by atoms with Crippen molar-refractivity contribution in [2.24, 2.45) is 5.73 Å². The highest BCUT2D eigenvalue weighted by atomic mass is 16.5. The summed E-state index contributed by atoms with van der Waals surface area (Å²) < 4.78 is 5.31. The molecule has 10 heteroatoms. The van der Waals surface area contributed by atoms with E-state index in [0.29, 0.717) is 28.9 Å². The summed E-state index contributed by atoms with van der Waals surface area (Å²) in [5, 5.41) is 24.2. The van der Waals surface area contributed by atoms with Gasteiger partial charge in [-0.3, -0.25) is 15.0 Å². The van der Waals surface area contributed by atoms with Crippen LogP contribution in [-0.4, -0.2) is 50.9 Å². The van der Waals surface area contributed by atoms with Crippen molar-refractivity contribution in [3.63, 3.8) is 0 Å². The lowest BCUT2D eigenvalue weighted by molar-refractivity contribution is -0.134. The number of nitrogens with zero attached hydrogens (tertiary/aromatic N) is 1. The smallest absolute Gasteiger partial charge is 0.414 e. The van der Waals surface area contributed by atoms with E-state index in [2.05, 4.69) is 0 Å². The van der Waals surface area contributed by atoms with Gasteiger partial charge in [0.25, 0.3) is 11.9 Å². The molecule has 0 saturated carbocycles. The fourth-order valence-corrected chi connectivity index (χ4v) is 3.11. The molecule has 0 aliphatic heterocycles. The van der Waals surface area contributed by atoms with E-state index >= 15 is 0 Å². The molecule has 2 rings (SSSR count). The van der Waals surface area contributed by atoms with Gasteiger partial charge in [0.1, 0.15) is 11.6 Å². The number of hydrogen-bond donors (Lipinski definition) is 4. The Morgan fingerprint density at radius 3 is 1.94 bits per heavy atom. The summed E-state index contributed by atoms with van der Waals surface area (Å²) in [6.45, 7) is 6.28. The summed E-state index contributed by atoms with van der Waals surface area (Å²) in [4.78, 5) is 46.4. The van der Waals surface area contributed by atoms with Crippen molar-refractivity contribution in [2.45, 2.75) is 46.6 Å². The highest BCUT2D eigenvalue weighted by Gasteiger charge is 2.26. The molecule has 0 aliphatic carbocycles. The molecule has 0 aliphatic rings. The Hall–Kier alpha value is -4.47. The maximum absolute atomic E-state index is 12.6. The van der Waals surface area contributed by atoms with Gasteiger partial charge in [0, 0.05) is 24.1 Å². The van der Waals surface area contributed by atoms with Gasteiger partial charge in [0.2, 0.25) is 0 Å². The van der Waals surface area contributed by atoms with Gasteiger partial charge >= 0.3 is 12.1 Å². The number of ether oxygens (including phenoxy) is 1. The monoisotopic (exact) mass is 497 g/mol. The fourth-order valence-electron chi connectivity index (χ4n) is 3.11. The molecule has 192 valence electrons. The summed E-state index contributed by atoms with van der Waals surface area (Å²) in [6.07, 6.45) is 1.64. The number of nitrogens with two attached hydrogens (primary N) is 1. The topological polar surface area (TPSA) is 171 Å². The molecular weight excluding hydrogens is 466 g/mol. The lowest BCUT2D eigenvalue weighted by Gasteiger charge is -2.24. The number of rotatable bonds is 8. The number of hydrogen-bond acceptors (Lipinski definition) is 6. The van der Waals surface area contributed by atoms with Gasteiger partial charge < -0.3 is 20.7 Å². The van der Waals surface area contributed by atoms with Crippen molar-refractivity contribution in [3.8, 4) is 5.75 Å². The van der Waals surface area contributed by atoms with E-state index in [1.807, 2.05) is 6.92 Å². The number of aliphatic carboxylic acids is 1. The van der Waals surface area contributed by atoms with Crippen LogP contribution >= 0.6 is 0 Å². The number of nitrogens with one attached hydrogen (secondary N) is 1. The molecule has 2 amide bonds. The van der Waals surface area contributed by atoms with Gasteiger partial charge in [0.05, 0.1) is 5.56 Å². The number of nitrogen functional groups attached to an aromatic ring is 1. The number of amidine groups is 1. The molecule has 36 heavy (non-hydrogen) atoms. The predicted octanol–water partition coefficient (Wildman–Crippen LogP) is 4.38. The van der Waals surface area contributed by atoms with Crippen molar-refractivity contribution in [1.82, 2.24) is 4.90 Å². The zero-order valence-electron chi connectivity index (χ0n) is 20.6. The number of amides is 2. The minimum absolute atomic E-state index is 0.0772. The molecule has 0 saturated heterocycles. The Bertz CT molecular complexity index is 1120. The average Bonchev–Trinajstić information content (AvgIpc) is 2.79. The number of imide groups is 1. The molecule has 0 spiro atoms. The van der Waals surface area contributed by atoms with Crippen molar-refractivity contribution < 1.29 is 34.1 Å². The Balaban J connectivity index is 0.00000150. The Morgan fingerprint density at radius 2 is 1.50 bits per heavy atom. The molecule has 2 aromatic carbocycles. The van der Waals surface area contributed by atoms with Crippen LogP contribution < -0.4 is 10.5 Å². The van der Waals surface area contributed by atoms with Crippen molar-refractivity contribution in [3.05, 3.63) is 70.8 Å². The van der Waals surface area contributed by atoms with Crippen LogP contribution in [-0.2, 0) is 9.59 Å². The first-order chi connectivity index (χ1) is 16.9. The van der Waals surface area contributed by atoms with E-state index in [9.17, 15) is 19.5 Å². The van der Waals surface area contributed by atoms with Crippen LogP contribution in [0.4, 0.5) is 4.79 Å². The van der Waals surface area contributed by atoms with E-state index in [0.717, 1.165) is 18.2 Å². The van der Waals surface area contributed by atoms with Gasteiger partial charge in [-0.25, -0.2) is 14.5 Å². The Labute approximate surface area is 209 Å². The molecule has 0 radical (unpaired) electrons. The molecule has 0 aromatic heterocycles. The van der Waals surface area contributed by atoms with Gasteiger partial charge in [-0.1, -0.05) is 25.5 Å². The minimum atomic E-state index is -1.28. The van der Waals surface area contributed by atoms with Gasteiger partial charge in [-0.15, -0.1) is 0 Å². The first-order valence-corrected chi connectivity index (χ1v) is 11.1. The van der Waals surface area contributed by atoms with Crippen LogP contribution in [0.25, 0.3) is 6.08 Å². The summed E-state index contributed by atoms with van der Waals surface area (Å²) in [7, 11) is 0. The van der Waals surface area contributed by atoms with Crippen molar-refractivity contribution in [1.29, 1.82) is 5.41 Å². The first-order valence-electron chi connectivity index (χ1n) is 11.1. The van der Waals surface area contributed by atoms with Crippen LogP contribution in [0.1, 0.15) is 62.0 Å². The van der Waals surface area contributed by atoms with Gasteiger partial charge in [-0.05, 0) is 68.3 Å². The standard InChI is InChI=1S/C24H27N3O5.C2H4O2/c1-4-5-16(3)27(24(30)31)22(28)15(2)14-17-6-8-19(9-7-17)23(29)32-20-12-10-18(11-13-20)21(25)26;1-2(3)4/h6-14,16H,4-5H2,1-3H3,(H3,25,26)(H,30,31);1H3,(H,3,4). The molecule has 0 fully saturated rings. The third-order valence-corrected chi connectivity index (χ3v) is 4.81. The van der Waals surface area contributed by atoms with Crippen LogP contribution in [0.3, 0.4) is 0 Å². The summed E-state index contributed by atoms with van der Waals surface area (Å²) in [5.74, 6) is -1.72. The number of esters is 1. The zero-order valence-corrected chi connectivity index (χ0v) is 20.6. The quantitative estimate of drug-likeness (QED) is 0.137. The molecule has 0 bridgehead atoms. The van der Waals surface area contributed by atoms with E-state index in [-0.39, 0.29) is 11.4 Å². The van der Waals surface area contributed by atoms with Crippen LogP contribution in [0.5, 0.6) is 5.75 Å². The molecule has 2 aromatic rings. The van der Waals surface area contributed by atoms with Gasteiger partial charge in [-0.2, -0.15) is 0 Å². The Morgan fingerprint density at radius 1 is 1.00 bits per heavy atom. The molecule has 10 nitrogen and oxygen atoms in total. The SMILES string of the molecule is CC(=O)O.CCCC(C)N(C(=O)O)C(=O)C(C)=Cc1ccc(C(=O)Oc2ccc(C(=N)N)cc2)cc1. The largest absolute Gasteiger partial charge is 0.481 e. The van der Waals surface area contributed by atoms with E-state index in [1.165, 1.54) is 0 Å². The maximum atomic E-state index is 12.6. The first kappa shape index (κ1) is 29.6. The van der Waals surface area contributed by atoms with E-state index < -0.39 is 30.0 Å². The average molecular weight is 498 g/mol. The van der Waals surface area contributed by atoms with Crippen LogP contribution in [0.15, 0.2) is 54.1 Å². The third kappa shape index (κ3) is 9.41. The number of carboxylic acids is 1. The van der Waals surface area contributed by atoms with Crippen LogP contribution in [0, 0.1) is 5.41 Å². The number of carbonyl (C=O) groups excluding carboxylic acids is 2. The van der Waals surface area contributed by atoms with Crippen LogP contribution in [0.2, 0.25) is 0 Å². The van der Waals surface area contributed by atoms with Gasteiger partial charge in [0.15, 0.2) is 0 Å². The normalized spacial score (nSPS) is 11.4. The second kappa shape index (κ2) is 14.1. The minimum Gasteiger partial charge on any atom is -0.481 e. The summed E-state index contributed by atoms with van der Waals surface area (Å²) in [6, 6.07) is 12.3. The molecule has 1 atom stereocenters. The highest BCUT2D eigenvalue weighted by molar-refractivity contribution is 6.04. The Kier molecular flexibility index (Phi) is 11.5. The lowest BCUT2D eigenvalue weighted by atomic mass is 10.1. The van der Waals surface area contributed by atoms with E-state index in [1.54, 1.807) is 68.5 Å².